The van der Waals surface area contributed by atoms with Gasteiger partial charge in [-0.25, -0.2) is 0 Å². The van der Waals surface area contributed by atoms with Gasteiger partial charge in [-0.15, -0.1) is 11.6 Å². The fourth-order valence-corrected chi connectivity index (χ4v) is 1.82. The molecule has 1 amide bonds. The van der Waals surface area contributed by atoms with Crippen molar-refractivity contribution in [2.75, 3.05) is 7.05 Å². The summed E-state index contributed by atoms with van der Waals surface area (Å²) in [7, 11) is 1.66. The van der Waals surface area contributed by atoms with Crippen LogP contribution in [0.25, 0.3) is 0 Å². The number of carbonyl (C=O) groups excluding carboxylic acids is 1. The van der Waals surface area contributed by atoms with Gasteiger partial charge in [0.2, 0.25) is 5.91 Å². The maximum absolute atomic E-state index is 11.2. The third kappa shape index (κ3) is 2.01. The van der Waals surface area contributed by atoms with Gasteiger partial charge in [-0.2, -0.15) is 0 Å². The molecule has 0 aliphatic heterocycles. The number of carbonyl (C=O) groups is 1. The van der Waals surface area contributed by atoms with E-state index in [9.17, 15) is 4.79 Å². The molecule has 0 aromatic heterocycles. The van der Waals surface area contributed by atoms with Crippen molar-refractivity contribution >= 4 is 17.5 Å². The summed E-state index contributed by atoms with van der Waals surface area (Å²) in [5.74, 6) is 0.191. The van der Waals surface area contributed by atoms with Crippen LogP contribution in [0, 0.1) is 5.92 Å². The second-order valence-electron chi connectivity index (χ2n) is 3.21. The summed E-state index contributed by atoms with van der Waals surface area (Å²) in [6.07, 6.45) is 2.51. The van der Waals surface area contributed by atoms with Crippen molar-refractivity contribution in [3.8, 4) is 0 Å². The molecule has 0 saturated heterocycles. The first-order valence-electron chi connectivity index (χ1n) is 4.18. The van der Waals surface area contributed by atoms with Crippen LogP contribution in [-0.4, -0.2) is 18.3 Å². The van der Waals surface area contributed by atoms with Gasteiger partial charge in [-0.05, 0) is 19.3 Å². The van der Waals surface area contributed by atoms with E-state index in [4.69, 9.17) is 11.6 Å². The molecule has 1 rings (SSSR count). The molecule has 0 aromatic carbocycles. The van der Waals surface area contributed by atoms with E-state index in [2.05, 4.69) is 11.9 Å². The Bertz CT molecular complexity index is 203. The third-order valence-electron chi connectivity index (χ3n) is 2.37. The molecule has 1 fully saturated rings. The number of hydrogen-bond acceptors (Lipinski definition) is 1. The predicted octanol–water partition coefficient (Wildman–Crippen LogP) is 1.70. The molecule has 1 saturated carbocycles. The average molecular weight is 188 g/mol. The van der Waals surface area contributed by atoms with E-state index in [1.165, 1.54) is 0 Å². The lowest BCUT2D eigenvalue weighted by atomic mass is 9.85. The molecule has 0 radical (unpaired) electrons. The van der Waals surface area contributed by atoms with Crippen LogP contribution in [0.15, 0.2) is 12.2 Å². The minimum atomic E-state index is -0.0129. The summed E-state index contributed by atoms with van der Waals surface area (Å²) < 4.78 is 0. The number of amides is 1. The third-order valence-corrected chi connectivity index (χ3v) is 2.85. The number of allylic oxidation sites excluding steroid dienone is 1. The summed E-state index contributed by atoms with van der Waals surface area (Å²) in [5.41, 5.74) is 1.07. The topological polar surface area (TPSA) is 29.1 Å². The van der Waals surface area contributed by atoms with Gasteiger partial charge in [-0.1, -0.05) is 12.2 Å². The number of halogens is 1. The van der Waals surface area contributed by atoms with Crippen LogP contribution in [0.4, 0.5) is 0 Å². The second-order valence-corrected chi connectivity index (χ2v) is 3.74. The number of hydrogen-bond donors (Lipinski definition) is 1. The van der Waals surface area contributed by atoms with Crippen LogP contribution in [0.5, 0.6) is 0 Å². The van der Waals surface area contributed by atoms with Gasteiger partial charge in [0.1, 0.15) is 0 Å². The lowest BCUT2D eigenvalue weighted by molar-refractivity contribution is -0.125. The first-order chi connectivity index (χ1) is 5.65. The van der Waals surface area contributed by atoms with Crippen molar-refractivity contribution in [1.29, 1.82) is 0 Å². The number of alkyl halides is 1. The van der Waals surface area contributed by atoms with Crippen LogP contribution < -0.4 is 5.32 Å². The molecule has 1 aliphatic carbocycles. The number of rotatable bonds is 1. The smallest absolute Gasteiger partial charge is 0.222 e. The molecule has 68 valence electrons. The van der Waals surface area contributed by atoms with E-state index in [1.54, 1.807) is 7.05 Å². The molecule has 0 heterocycles. The van der Waals surface area contributed by atoms with E-state index in [0.717, 1.165) is 24.8 Å². The molecule has 2 nitrogen and oxygen atoms in total. The molecule has 0 bridgehead atoms. The molecule has 1 aliphatic rings. The van der Waals surface area contributed by atoms with Gasteiger partial charge >= 0.3 is 0 Å². The SMILES string of the molecule is C=C1CCC(C(=O)NC)CC1Cl. The Hall–Kier alpha value is -0.500. The normalized spacial score (nSPS) is 30.0. The standard InChI is InChI=1S/C9H14ClNO/c1-6-3-4-7(5-8(6)10)9(12)11-2/h7-8H,1,3-5H2,2H3,(H,11,12). The monoisotopic (exact) mass is 187 g/mol. The molecule has 0 spiro atoms. The molecular weight excluding hydrogens is 174 g/mol. The zero-order chi connectivity index (χ0) is 9.14. The summed E-state index contributed by atoms with van der Waals surface area (Å²) >= 11 is 5.98. The van der Waals surface area contributed by atoms with E-state index < -0.39 is 0 Å². The fourth-order valence-electron chi connectivity index (χ4n) is 1.49. The maximum atomic E-state index is 11.2. The summed E-state index contributed by atoms with van der Waals surface area (Å²) in [5, 5.41) is 2.63. The van der Waals surface area contributed by atoms with Crippen LogP contribution >= 0.6 is 11.6 Å². The fraction of sp³-hybridized carbons (Fsp3) is 0.667. The number of nitrogens with one attached hydrogen (secondary N) is 1. The Kier molecular flexibility index (Phi) is 3.15. The molecule has 3 heteroatoms. The molecule has 0 aromatic rings. The van der Waals surface area contributed by atoms with Gasteiger partial charge in [0.15, 0.2) is 0 Å². The zero-order valence-electron chi connectivity index (χ0n) is 7.27. The Balaban J connectivity index is 2.50. The minimum Gasteiger partial charge on any atom is -0.359 e. The summed E-state index contributed by atoms with van der Waals surface area (Å²) in [6.45, 7) is 3.85. The minimum absolute atomic E-state index is 0.0129. The van der Waals surface area contributed by atoms with E-state index >= 15 is 0 Å². The van der Waals surface area contributed by atoms with E-state index in [1.807, 2.05) is 0 Å². The quantitative estimate of drug-likeness (QED) is 0.492. The lowest BCUT2D eigenvalue weighted by Gasteiger charge is -2.25. The Labute approximate surface area is 78.0 Å². The lowest BCUT2D eigenvalue weighted by Crippen LogP contribution is -2.32. The summed E-state index contributed by atoms with van der Waals surface area (Å²) in [4.78, 5) is 11.2. The molecule has 12 heavy (non-hydrogen) atoms. The van der Waals surface area contributed by atoms with Gasteiger partial charge < -0.3 is 5.32 Å². The first-order valence-corrected chi connectivity index (χ1v) is 4.62. The highest BCUT2D eigenvalue weighted by Crippen LogP contribution is 2.30. The van der Waals surface area contributed by atoms with E-state index in [0.29, 0.717) is 0 Å². The van der Waals surface area contributed by atoms with E-state index in [-0.39, 0.29) is 17.2 Å². The van der Waals surface area contributed by atoms with Crippen LogP contribution in [0.2, 0.25) is 0 Å². The van der Waals surface area contributed by atoms with Crippen molar-refractivity contribution in [3.63, 3.8) is 0 Å². The van der Waals surface area contributed by atoms with Gasteiger partial charge in [-0.3, -0.25) is 4.79 Å². The van der Waals surface area contributed by atoms with Crippen molar-refractivity contribution in [3.05, 3.63) is 12.2 Å². The van der Waals surface area contributed by atoms with Gasteiger partial charge in [0, 0.05) is 13.0 Å². The highest BCUT2D eigenvalue weighted by atomic mass is 35.5. The average Bonchev–Trinajstić information content (AvgIpc) is 2.08. The summed E-state index contributed by atoms with van der Waals surface area (Å²) in [6, 6.07) is 0. The largest absolute Gasteiger partial charge is 0.359 e. The van der Waals surface area contributed by atoms with Crippen molar-refractivity contribution in [2.24, 2.45) is 5.92 Å². The Morgan fingerprint density at radius 3 is 2.92 bits per heavy atom. The second kappa shape index (κ2) is 3.94. The molecule has 2 unspecified atom stereocenters. The zero-order valence-corrected chi connectivity index (χ0v) is 8.03. The van der Waals surface area contributed by atoms with Crippen LogP contribution in [0.1, 0.15) is 19.3 Å². The van der Waals surface area contributed by atoms with Crippen LogP contribution in [0.3, 0.4) is 0 Å². The van der Waals surface area contributed by atoms with Crippen molar-refractivity contribution in [1.82, 2.24) is 5.32 Å². The molecule has 2 atom stereocenters. The van der Waals surface area contributed by atoms with Gasteiger partial charge in [0.25, 0.3) is 0 Å². The maximum Gasteiger partial charge on any atom is 0.222 e. The van der Waals surface area contributed by atoms with Crippen molar-refractivity contribution < 1.29 is 4.79 Å². The predicted molar refractivity (Wildman–Crippen MR) is 50.2 cm³/mol. The first kappa shape index (κ1) is 9.59. The Morgan fingerprint density at radius 2 is 2.42 bits per heavy atom. The molecular formula is C9H14ClNO. The van der Waals surface area contributed by atoms with Crippen LogP contribution in [-0.2, 0) is 4.79 Å². The molecule has 1 N–H and O–H groups in total. The highest BCUT2D eigenvalue weighted by molar-refractivity contribution is 6.22. The van der Waals surface area contributed by atoms with Gasteiger partial charge in [0.05, 0.1) is 5.38 Å². The van der Waals surface area contributed by atoms with Crippen molar-refractivity contribution in [2.45, 2.75) is 24.6 Å². The highest BCUT2D eigenvalue weighted by Gasteiger charge is 2.27. The Morgan fingerprint density at radius 1 is 1.75 bits per heavy atom.